The van der Waals surface area contributed by atoms with Gasteiger partial charge in [0, 0.05) is 16.7 Å². The molecule has 3 nitrogen and oxygen atoms in total. The van der Waals surface area contributed by atoms with Crippen molar-refractivity contribution in [2.45, 2.75) is 17.2 Å². The fourth-order valence-corrected chi connectivity index (χ4v) is 2.85. The SMILES string of the molecule is O=S(=O)(c1ccc(NCc2ccccc2Br)cc1)C(F)F. The second-order valence-electron chi connectivity index (χ2n) is 4.28. The number of hydrogen-bond acceptors (Lipinski definition) is 3. The van der Waals surface area contributed by atoms with E-state index in [9.17, 15) is 17.2 Å². The summed E-state index contributed by atoms with van der Waals surface area (Å²) in [4.78, 5) is -0.385. The van der Waals surface area contributed by atoms with E-state index in [0.717, 1.165) is 10.0 Å². The van der Waals surface area contributed by atoms with Crippen LogP contribution in [0.25, 0.3) is 0 Å². The fourth-order valence-electron chi connectivity index (χ4n) is 1.70. The van der Waals surface area contributed by atoms with Crippen LogP contribution in [0.15, 0.2) is 57.9 Å². The Morgan fingerprint density at radius 3 is 2.24 bits per heavy atom. The van der Waals surface area contributed by atoms with Crippen molar-refractivity contribution >= 4 is 31.5 Å². The molecule has 0 aliphatic carbocycles. The molecule has 0 unspecified atom stereocenters. The molecule has 112 valence electrons. The van der Waals surface area contributed by atoms with Crippen molar-refractivity contribution < 1.29 is 17.2 Å². The van der Waals surface area contributed by atoms with Gasteiger partial charge in [-0.3, -0.25) is 0 Å². The molecule has 0 fully saturated rings. The number of rotatable bonds is 5. The number of benzene rings is 2. The van der Waals surface area contributed by atoms with E-state index in [1.807, 2.05) is 24.3 Å². The summed E-state index contributed by atoms with van der Waals surface area (Å²) in [6.45, 7) is 0.530. The van der Waals surface area contributed by atoms with Gasteiger partial charge in [0.25, 0.3) is 0 Å². The van der Waals surface area contributed by atoms with Crippen LogP contribution < -0.4 is 5.32 Å². The predicted molar refractivity (Wildman–Crippen MR) is 81.1 cm³/mol. The summed E-state index contributed by atoms with van der Waals surface area (Å²) in [7, 11) is -4.54. The van der Waals surface area contributed by atoms with Crippen LogP contribution in [0, 0.1) is 0 Å². The minimum absolute atomic E-state index is 0.385. The maximum atomic E-state index is 12.4. The van der Waals surface area contributed by atoms with Crippen molar-refractivity contribution in [3.8, 4) is 0 Å². The molecule has 2 rings (SSSR count). The van der Waals surface area contributed by atoms with Gasteiger partial charge in [-0.2, -0.15) is 8.78 Å². The molecular weight excluding hydrogens is 364 g/mol. The van der Waals surface area contributed by atoms with E-state index >= 15 is 0 Å². The number of alkyl halides is 2. The first-order chi connectivity index (χ1) is 9.91. The van der Waals surface area contributed by atoms with E-state index in [2.05, 4.69) is 21.2 Å². The number of hydrogen-bond donors (Lipinski definition) is 1. The van der Waals surface area contributed by atoms with Gasteiger partial charge >= 0.3 is 5.76 Å². The highest BCUT2D eigenvalue weighted by atomic mass is 79.9. The number of sulfone groups is 1. The monoisotopic (exact) mass is 375 g/mol. The standard InChI is InChI=1S/C14H12BrF2NO2S/c15-13-4-2-1-3-10(13)9-18-11-5-7-12(8-6-11)21(19,20)14(16)17/h1-8,14,18H,9H2. The molecule has 0 radical (unpaired) electrons. The first-order valence-electron chi connectivity index (χ1n) is 6.00. The van der Waals surface area contributed by atoms with E-state index in [0.29, 0.717) is 12.2 Å². The van der Waals surface area contributed by atoms with Crippen LogP contribution in [0.4, 0.5) is 14.5 Å². The summed E-state index contributed by atoms with van der Waals surface area (Å²) in [6, 6.07) is 12.9. The molecule has 0 heterocycles. The van der Waals surface area contributed by atoms with Crippen LogP contribution in [-0.4, -0.2) is 14.2 Å². The Kier molecular flexibility index (Phi) is 4.95. The zero-order valence-electron chi connectivity index (χ0n) is 10.8. The van der Waals surface area contributed by atoms with Crippen molar-refractivity contribution in [1.29, 1.82) is 0 Å². The molecule has 0 bridgehead atoms. The first-order valence-corrected chi connectivity index (χ1v) is 8.34. The van der Waals surface area contributed by atoms with Gasteiger partial charge in [-0.25, -0.2) is 8.42 Å². The zero-order valence-corrected chi connectivity index (χ0v) is 13.2. The van der Waals surface area contributed by atoms with Crippen molar-refractivity contribution in [3.63, 3.8) is 0 Å². The molecule has 2 aromatic rings. The van der Waals surface area contributed by atoms with E-state index < -0.39 is 15.6 Å². The second kappa shape index (κ2) is 6.53. The van der Waals surface area contributed by atoms with Crippen LogP contribution >= 0.6 is 15.9 Å². The van der Waals surface area contributed by atoms with Gasteiger partial charge in [0.15, 0.2) is 0 Å². The zero-order chi connectivity index (χ0) is 15.5. The number of halogens is 3. The Morgan fingerprint density at radius 1 is 1.05 bits per heavy atom. The van der Waals surface area contributed by atoms with Crippen molar-refractivity contribution in [2.75, 3.05) is 5.32 Å². The smallest absolute Gasteiger partial charge is 0.341 e. The highest BCUT2D eigenvalue weighted by Gasteiger charge is 2.26. The summed E-state index contributed by atoms with van der Waals surface area (Å²) < 4.78 is 48.3. The summed E-state index contributed by atoms with van der Waals surface area (Å²) in [6.07, 6.45) is 0. The predicted octanol–water partition coefficient (Wildman–Crippen LogP) is 4.06. The lowest BCUT2D eigenvalue weighted by Crippen LogP contribution is -2.11. The lowest BCUT2D eigenvalue weighted by atomic mass is 10.2. The Morgan fingerprint density at radius 2 is 1.67 bits per heavy atom. The molecule has 0 aliphatic rings. The maximum Gasteiger partial charge on any atom is 0.341 e. The van der Waals surface area contributed by atoms with Crippen LogP contribution in [0.1, 0.15) is 5.56 Å². The van der Waals surface area contributed by atoms with Crippen molar-refractivity contribution in [3.05, 3.63) is 58.6 Å². The largest absolute Gasteiger partial charge is 0.381 e. The van der Waals surface area contributed by atoms with E-state index in [-0.39, 0.29) is 4.90 Å². The quantitative estimate of drug-likeness (QED) is 0.856. The Bertz CT molecular complexity index is 718. The number of nitrogens with one attached hydrogen (secondary N) is 1. The van der Waals surface area contributed by atoms with Gasteiger partial charge in [-0.05, 0) is 35.9 Å². The molecule has 0 aliphatic heterocycles. The van der Waals surface area contributed by atoms with Gasteiger partial charge in [-0.1, -0.05) is 34.1 Å². The molecule has 2 aromatic carbocycles. The second-order valence-corrected chi connectivity index (χ2v) is 7.05. The molecule has 21 heavy (non-hydrogen) atoms. The molecule has 0 spiro atoms. The molecule has 0 saturated carbocycles. The third-order valence-corrected chi connectivity index (χ3v) is 5.03. The van der Waals surface area contributed by atoms with E-state index in [1.165, 1.54) is 24.3 Å². The molecule has 0 aromatic heterocycles. The summed E-state index contributed by atoms with van der Waals surface area (Å²) in [5, 5.41) is 3.10. The van der Waals surface area contributed by atoms with Gasteiger partial charge in [0.1, 0.15) is 0 Å². The van der Waals surface area contributed by atoms with Crippen LogP contribution in [0.5, 0.6) is 0 Å². The molecular formula is C14H12BrF2NO2S. The number of anilines is 1. The summed E-state index contributed by atoms with van der Waals surface area (Å²) in [5.41, 5.74) is 1.68. The van der Waals surface area contributed by atoms with E-state index in [4.69, 9.17) is 0 Å². The third kappa shape index (κ3) is 3.79. The van der Waals surface area contributed by atoms with Crippen LogP contribution in [-0.2, 0) is 16.4 Å². The lowest BCUT2D eigenvalue weighted by molar-refractivity contribution is 0.234. The maximum absolute atomic E-state index is 12.4. The van der Waals surface area contributed by atoms with Crippen LogP contribution in [0.2, 0.25) is 0 Å². The average Bonchev–Trinajstić information content (AvgIpc) is 2.46. The average molecular weight is 376 g/mol. The van der Waals surface area contributed by atoms with E-state index in [1.54, 1.807) is 0 Å². The molecule has 0 atom stereocenters. The molecule has 0 saturated heterocycles. The molecule has 7 heteroatoms. The summed E-state index contributed by atoms with van der Waals surface area (Å²) in [5.74, 6) is -3.41. The van der Waals surface area contributed by atoms with Gasteiger partial charge in [0.2, 0.25) is 9.84 Å². The molecule has 0 amide bonds. The fraction of sp³-hybridized carbons (Fsp3) is 0.143. The first kappa shape index (κ1) is 15.9. The Balaban J connectivity index is 2.09. The van der Waals surface area contributed by atoms with Gasteiger partial charge < -0.3 is 5.32 Å². The molecule has 1 N–H and O–H groups in total. The Hall–Kier alpha value is -1.47. The lowest BCUT2D eigenvalue weighted by Gasteiger charge is -2.09. The highest BCUT2D eigenvalue weighted by molar-refractivity contribution is 9.10. The minimum atomic E-state index is -4.54. The van der Waals surface area contributed by atoms with Crippen LogP contribution in [0.3, 0.4) is 0 Å². The highest BCUT2D eigenvalue weighted by Crippen LogP contribution is 2.21. The minimum Gasteiger partial charge on any atom is -0.381 e. The van der Waals surface area contributed by atoms with Crippen molar-refractivity contribution in [1.82, 2.24) is 0 Å². The third-order valence-electron chi connectivity index (χ3n) is 2.86. The topological polar surface area (TPSA) is 46.2 Å². The van der Waals surface area contributed by atoms with Gasteiger partial charge in [0.05, 0.1) is 4.90 Å². The summed E-state index contributed by atoms with van der Waals surface area (Å²) >= 11 is 3.42. The van der Waals surface area contributed by atoms with Gasteiger partial charge in [-0.15, -0.1) is 0 Å². The van der Waals surface area contributed by atoms with Crippen molar-refractivity contribution in [2.24, 2.45) is 0 Å². The normalized spacial score (nSPS) is 11.6. The Labute approximate surface area is 130 Å².